The van der Waals surface area contributed by atoms with Crippen molar-refractivity contribution in [3.63, 3.8) is 0 Å². The van der Waals surface area contributed by atoms with Crippen LogP contribution >= 0.6 is 0 Å². The molecular formula is C14H27N. The summed E-state index contributed by atoms with van der Waals surface area (Å²) in [6.45, 7) is 11.4. The Morgan fingerprint density at radius 3 is 2.40 bits per heavy atom. The van der Waals surface area contributed by atoms with Gasteiger partial charge < -0.3 is 0 Å². The van der Waals surface area contributed by atoms with Crippen LogP contribution in [0.15, 0.2) is 4.99 Å². The van der Waals surface area contributed by atoms with E-state index >= 15 is 0 Å². The molecule has 4 atom stereocenters. The van der Waals surface area contributed by atoms with Crippen LogP contribution in [0, 0.1) is 17.8 Å². The minimum Gasteiger partial charge on any atom is -0.291 e. The zero-order valence-corrected chi connectivity index (χ0v) is 11.1. The van der Waals surface area contributed by atoms with Crippen LogP contribution in [0.4, 0.5) is 0 Å². The zero-order chi connectivity index (χ0) is 11.4. The lowest BCUT2D eigenvalue weighted by Gasteiger charge is -2.38. The Balaban J connectivity index is 2.72. The molecule has 0 saturated heterocycles. The lowest BCUT2D eigenvalue weighted by molar-refractivity contribution is 0.165. The summed E-state index contributed by atoms with van der Waals surface area (Å²) in [4.78, 5) is 4.85. The van der Waals surface area contributed by atoms with Gasteiger partial charge in [-0.05, 0) is 50.9 Å². The monoisotopic (exact) mass is 209 g/mol. The average molecular weight is 209 g/mol. The maximum atomic E-state index is 4.85. The molecule has 0 aliphatic heterocycles. The van der Waals surface area contributed by atoms with Gasteiger partial charge in [0, 0.05) is 5.71 Å². The van der Waals surface area contributed by atoms with Gasteiger partial charge in [-0.3, -0.25) is 4.99 Å². The van der Waals surface area contributed by atoms with E-state index in [4.69, 9.17) is 4.99 Å². The first-order chi connectivity index (χ1) is 7.04. The number of nitrogens with zero attached hydrogens (tertiary/aromatic N) is 1. The second-order valence-electron chi connectivity index (χ2n) is 5.65. The van der Waals surface area contributed by atoms with E-state index in [0.717, 1.165) is 17.8 Å². The molecule has 1 aliphatic rings. The lowest BCUT2D eigenvalue weighted by Crippen LogP contribution is -2.33. The van der Waals surface area contributed by atoms with Gasteiger partial charge in [0.25, 0.3) is 0 Å². The van der Waals surface area contributed by atoms with Crippen molar-refractivity contribution in [1.29, 1.82) is 0 Å². The summed E-state index contributed by atoms with van der Waals surface area (Å²) in [7, 11) is 0. The second-order valence-corrected chi connectivity index (χ2v) is 5.65. The average Bonchev–Trinajstić information content (AvgIpc) is 2.10. The molecule has 1 heteroatoms. The van der Waals surface area contributed by atoms with Gasteiger partial charge >= 0.3 is 0 Å². The topological polar surface area (TPSA) is 12.4 Å². The van der Waals surface area contributed by atoms with E-state index < -0.39 is 0 Å². The van der Waals surface area contributed by atoms with Gasteiger partial charge in [-0.15, -0.1) is 0 Å². The van der Waals surface area contributed by atoms with E-state index in [1.54, 1.807) is 0 Å². The van der Waals surface area contributed by atoms with E-state index in [9.17, 15) is 0 Å². The maximum Gasteiger partial charge on any atom is 0.0531 e. The smallest absolute Gasteiger partial charge is 0.0531 e. The van der Waals surface area contributed by atoms with E-state index in [1.165, 1.54) is 31.4 Å². The molecule has 88 valence electrons. The maximum absolute atomic E-state index is 4.85. The molecule has 0 radical (unpaired) electrons. The highest BCUT2D eigenvalue weighted by atomic mass is 14.8. The van der Waals surface area contributed by atoms with Gasteiger partial charge in [0.1, 0.15) is 0 Å². The third-order valence-corrected chi connectivity index (χ3v) is 3.69. The Morgan fingerprint density at radius 2 is 1.87 bits per heavy atom. The molecule has 0 spiro atoms. The van der Waals surface area contributed by atoms with Crippen molar-refractivity contribution in [2.75, 3.05) is 0 Å². The van der Waals surface area contributed by atoms with Crippen LogP contribution in [0.25, 0.3) is 0 Å². The summed E-state index contributed by atoms with van der Waals surface area (Å²) in [5, 5.41) is 0. The minimum absolute atomic E-state index is 0.605. The second kappa shape index (κ2) is 5.67. The highest BCUT2D eigenvalue weighted by Gasteiger charge is 2.32. The molecule has 1 aliphatic carbocycles. The standard InChI is InChI=1S/C14H27N/c1-6-7-13-12(5)8-11(4)9-14(13)15-10(2)3/h11-14H,6-9H2,1-5H3. The molecule has 0 aromatic rings. The molecule has 0 N–H and O–H groups in total. The van der Waals surface area contributed by atoms with E-state index in [2.05, 4.69) is 34.6 Å². The Labute approximate surface area is 95.4 Å². The van der Waals surface area contributed by atoms with Crippen molar-refractivity contribution in [3.05, 3.63) is 0 Å². The third kappa shape index (κ3) is 3.62. The molecule has 4 unspecified atom stereocenters. The molecule has 1 fully saturated rings. The van der Waals surface area contributed by atoms with E-state index in [1.807, 2.05) is 0 Å². The Morgan fingerprint density at radius 1 is 1.20 bits per heavy atom. The third-order valence-electron chi connectivity index (χ3n) is 3.69. The van der Waals surface area contributed by atoms with Crippen LogP contribution in [0.2, 0.25) is 0 Å². The van der Waals surface area contributed by atoms with Crippen molar-refractivity contribution in [2.24, 2.45) is 22.7 Å². The van der Waals surface area contributed by atoms with Crippen molar-refractivity contribution in [3.8, 4) is 0 Å². The molecule has 0 amide bonds. The Kier molecular flexibility index (Phi) is 4.82. The largest absolute Gasteiger partial charge is 0.291 e. The summed E-state index contributed by atoms with van der Waals surface area (Å²) in [6, 6.07) is 0.605. The van der Waals surface area contributed by atoms with Crippen LogP contribution < -0.4 is 0 Å². The SMILES string of the molecule is CCCC1C(C)CC(C)CC1N=C(C)C. The molecule has 0 heterocycles. The fourth-order valence-electron chi connectivity index (χ4n) is 3.16. The normalized spacial score (nSPS) is 36.3. The van der Waals surface area contributed by atoms with Gasteiger partial charge in [-0.1, -0.05) is 27.2 Å². The molecule has 0 aromatic carbocycles. The summed E-state index contributed by atoms with van der Waals surface area (Å²) < 4.78 is 0. The van der Waals surface area contributed by atoms with Crippen LogP contribution in [0.3, 0.4) is 0 Å². The molecule has 1 rings (SSSR count). The fraction of sp³-hybridized carbons (Fsp3) is 0.929. The lowest BCUT2D eigenvalue weighted by atomic mass is 9.71. The summed E-state index contributed by atoms with van der Waals surface area (Å²) in [6.07, 6.45) is 5.37. The molecule has 0 bridgehead atoms. The Hall–Kier alpha value is -0.330. The molecule has 1 saturated carbocycles. The van der Waals surface area contributed by atoms with Crippen LogP contribution in [-0.4, -0.2) is 11.8 Å². The van der Waals surface area contributed by atoms with Gasteiger partial charge in [0.2, 0.25) is 0 Å². The van der Waals surface area contributed by atoms with Gasteiger partial charge in [0.15, 0.2) is 0 Å². The van der Waals surface area contributed by atoms with Gasteiger partial charge in [0.05, 0.1) is 6.04 Å². The summed E-state index contributed by atoms with van der Waals surface area (Å²) in [5.74, 6) is 2.56. The van der Waals surface area contributed by atoms with Crippen LogP contribution in [0.5, 0.6) is 0 Å². The van der Waals surface area contributed by atoms with E-state index in [-0.39, 0.29) is 0 Å². The summed E-state index contributed by atoms with van der Waals surface area (Å²) >= 11 is 0. The van der Waals surface area contributed by atoms with Crippen molar-refractivity contribution >= 4 is 5.71 Å². The predicted octanol–water partition coefficient (Wildman–Crippen LogP) is 4.32. The van der Waals surface area contributed by atoms with Gasteiger partial charge in [-0.2, -0.15) is 0 Å². The van der Waals surface area contributed by atoms with Crippen molar-refractivity contribution in [2.45, 2.75) is 66.3 Å². The fourth-order valence-corrected chi connectivity index (χ4v) is 3.16. The first-order valence-electron chi connectivity index (χ1n) is 6.55. The van der Waals surface area contributed by atoms with Crippen molar-refractivity contribution < 1.29 is 0 Å². The highest BCUT2D eigenvalue weighted by molar-refractivity contribution is 5.79. The van der Waals surface area contributed by atoms with Crippen LogP contribution in [0.1, 0.15) is 60.3 Å². The molecule has 1 nitrogen and oxygen atoms in total. The number of aliphatic imine (C=N–C) groups is 1. The first kappa shape index (κ1) is 12.7. The number of hydrogen-bond acceptors (Lipinski definition) is 1. The molecular weight excluding hydrogens is 182 g/mol. The zero-order valence-electron chi connectivity index (χ0n) is 11.1. The Bertz CT molecular complexity index is 215. The first-order valence-corrected chi connectivity index (χ1v) is 6.55. The quantitative estimate of drug-likeness (QED) is 0.614. The minimum atomic E-state index is 0.605. The van der Waals surface area contributed by atoms with Crippen LogP contribution in [-0.2, 0) is 0 Å². The van der Waals surface area contributed by atoms with Gasteiger partial charge in [-0.25, -0.2) is 0 Å². The predicted molar refractivity (Wildman–Crippen MR) is 68.5 cm³/mol. The number of hydrogen-bond donors (Lipinski definition) is 0. The highest BCUT2D eigenvalue weighted by Crippen LogP contribution is 2.38. The number of rotatable bonds is 3. The molecule has 15 heavy (non-hydrogen) atoms. The van der Waals surface area contributed by atoms with Crippen molar-refractivity contribution in [1.82, 2.24) is 0 Å². The molecule has 0 aromatic heterocycles. The van der Waals surface area contributed by atoms with E-state index in [0.29, 0.717) is 6.04 Å². The summed E-state index contributed by atoms with van der Waals surface area (Å²) in [5.41, 5.74) is 1.25.